The molecule has 1 aromatic rings. The Morgan fingerprint density at radius 3 is 2.65 bits per heavy atom. The summed E-state index contributed by atoms with van der Waals surface area (Å²) >= 11 is 0. The van der Waals surface area contributed by atoms with Gasteiger partial charge in [-0.15, -0.1) is 0 Å². The molecule has 1 amide bonds. The quantitative estimate of drug-likeness (QED) is 0.856. The van der Waals surface area contributed by atoms with Crippen LogP contribution >= 0.6 is 0 Å². The lowest BCUT2D eigenvalue weighted by Crippen LogP contribution is -2.37. The van der Waals surface area contributed by atoms with Gasteiger partial charge in [0.05, 0.1) is 5.92 Å². The van der Waals surface area contributed by atoms with E-state index in [1.807, 2.05) is 17.1 Å². The van der Waals surface area contributed by atoms with Crippen molar-refractivity contribution in [2.45, 2.75) is 37.9 Å². The Hall–Kier alpha value is -1.68. The minimum Gasteiger partial charge on any atom is -0.335 e. The van der Waals surface area contributed by atoms with Gasteiger partial charge in [-0.1, -0.05) is 30.4 Å². The number of carbonyl (C=O) groups is 1. The average Bonchev–Trinajstić information content (AvgIpc) is 3.18. The number of halogens is 1. The fourth-order valence-corrected chi connectivity index (χ4v) is 2.71. The zero-order chi connectivity index (χ0) is 14.1. The highest BCUT2D eigenvalue weighted by molar-refractivity contribution is 5.81. The first-order chi connectivity index (χ1) is 9.65. The van der Waals surface area contributed by atoms with Crippen molar-refractivity contribution in [3.63, 3.8) is 0 Å². The fraction of sp³-hybridized carbons (Fsp3) is 0.438. The minimum atomic E-state index is -0.246. The van der Waals surface area contributed by atoms with Crippen molar-refractivity contribution >= 4 is 5.91 Å². The summed E-state index contributed by atoms with van der Waals surface area (Å²) in [6, 6.07) is 6.90. The fourth-order valence-electron chi connectivity index (χ4n) is 2.71. The third-order valence-electron chi connectivity index (χ3n) is 4.00. The first kappa shape index (κ1) is 13.3. The van der Waals surface area contributed by atoms with Gasteiger partial charge in [0.25, 0.3) is 0 Å². The normalized spacial score (nSPS) is 24.9. The van der Waals surface area contributed by atoms with E-state index in [2.05, 4.69) is 0 Å². The van der Waals surface area contributed by atoms with E-state index in [4.69, 9.17) is 5.73 Å². The van der Waals surface area contributed by atoms with Gasteiger partial charge in [0.2, 0.25) is 5.91 Å². The van der Waals surface area contributed by atoms with Gasteiger partial charge in [-0.25, -0.2) is 4.39 Å². The molecule has 4 heteroatoms. The third-order valence-corrected chi connectivity index (χ3v) is 4.00. The maximum Gasteiger partial charge on any atom is 0.230 e. The Kier molecular flexibility index (Phi) is 3.57. The SMILES string of the molecule is NC1C=CC(C(=O)N(Cc2ccccc2F)C2CC2)C1. The number of hydrogen-bond donors (Lipinski definition) is 1. The summed E-state index contributed by atoms with van der Waals surface area (Å²) in [5, 5.41) is 0. The van der Waals surface area contributed by atoms with Crippen LogP contribution in [-0.4, -0.2) is 22.9 Å². The van der Waals surface area contributed by atoms with Crippen LogP contribution in [0.4, 0.5) is 4.39 Å². The second-order valence-corrected chi connectivity index (χ2v) is 5.68. The smallest absolute Gasteiger partial charge is 0.230 e. The summed E-state index contributed by atoms with van der Waals surface area (Å²) in [5.41, 5.74) is 6.40. The van der Waals surface area contributed by atoms with E-state index in [1.54, 1.807) is 18.2 Å². The summed E-state index contributed by atoms with van der Waals surface area (Å²) < 4.78 is 13.8. The second kappa shape index (κ2) is 5.37. The topological polar surface area (TPSA) is 46.3 Å². The summed E-state index contributed by atoms with van der Waals surface area (Å²) in [6.45, 7) is 0.357. The van der Waals surface area contributed by atoms with Crippen molar-refractivity contribution < 1.29 is 9.18 Å². The molecule has 0 radical (unpaired) electrons. The maximum atomic E-state index is 13.8. The molecule has 2 aliphatic rings. The number of benzene rings is 1. The molecule has 2 aliphatic carbocycles. The van der Waals surface area contributed by atoms with Gasteiger partial charge in [-0.3, -0.25) is 4.79 Å². The van der Waals surface area contributed by atoms with Gasteiger partial charge in [0.1, 0.15) is 5.82 Å². The molecule has 0 aromatic heterocycles. The number of rotatable bonds is 4. The molecular formula is C16H19FN2O. The molecule has 2 N–H and O–H groups in total. The Balaban J connectivity index is 1.75. The number of amides is 1. The van der Waals surface area contributed by atoms with E-state index >= 15 is 0 Å². The van der Waals surface area contributed by atoms with Crippen molar-refractivity contribution in [2.24, 2.45) is 11.7 Å². The Bertz CT molecular complexity index is 539. The first-order valence-electron chi connectivity index (χ1n) is 7.13. The summed E-state index contributed by atoms with van der Waals surface area (Å²) in [5.74, 6) is -0.304. The van der Waals surface area contributed by atoms with Gasteiger partial charge in [0.15, 0.2) is 0 Å². The van der Waals surface area contributed by atoms with Crippen molar-refractivity contribution in [2.75, 3.05) is 0 Å². The molecule has 0 heterocycles. The highest BCUT2D eigenvalue weighted by Gasteiger charge is 2.36. The van der Waals surface area contributed by atoms with Crippen LogP contribution in [-0.2, 0) is 11.3 Å². The van der Waals surface area contributed by atoms with Gasteiger partial charge in [0, 0.05) is 24.2 Å². The molecule has 106 valence electrons. The predicted octanol–water partition coefficient (Wildman–Crippen LogP) is 2.22. The van der Waals surface area contributed by atoms with Crippen molar-refractivity contribution in [1.82, 2.24) is 4.90 Å². The standard InChI is InChI=1S/C16H19FN2O/c17-15-4-2-1-3-12(15)10-19(14-7-8-14)16(20)11-5-6-13(18)9-11/h1-6,11,13-14H,7-10,18H2. The molecule has 3 rings (SSSR count). The van der Waals surface area contributed by atoms with E-state index in [1.165, 1.54) is 6.07 Å². The van der Waals surface area contributed by atoms with Crippen LogP contribution < -0.4 is 5.73 Å². The molecule has 3 nitrogen and oxygen atoms in total. The van der Waals surface area contributed by atoms with Gasteiger partial charge in [-0.05, 0) is 25.3 Å². The van der Waals surface area contributed by atoms with E-state index in [0.717, 1.165) is 12.8 Å². The number of nitrogens with zero attached hydrogens (tertiary/aromatic N) is 1. The van der Waals surface area contributed by atoms with Crippen LogP contribution in [0.1, 0.15) is 24.8 Å². The Morgan fingerprint density at radius 1 is 1.30 bits per heavy atom. The lowest BCUT2D eigenvalue weighted by atomic mass is 10.1. The molecule has 0 aliphatic heterocycles. The van der Waals surface area contributed by atoms with Gasteiger partial charge < -0.3 is 10.6 Å². The van der Waals surface area contributed by atoms with E-state index in [0.29, 0.717) is 18.5 Å². The summed E-state index contributed by atoms with van der Waals surface area (Å²) in [7, 11) is 0. The molecule has 20 heavy (non-hydrogen) atoms. The number of nitrogens with two attached hydrogens (primary N) is 1. The lowest BCUT2D eigenvalue weighted by molar-refractivity contribution is -0.135. The van der Waals surface area contributed by atoms with Crippen LogP contribution in [0.2, 0.25) is 0 Å². The van der Waals surface area contributed by atoms with Gasteiger partial charge in [-0.2, -0.15) is 0 Å². The molecule has 0 bridgehead atoms. The Labute approximate surface area is 118 Å². The number of hydrogen-bond acceptors (Lipinski definition) is 2. The molecule has 1 saturated carbocycles. The van der Waals surface area contributed by atoms with Crippen molar-refractivity contribution in [3.8, 4) is 0 Å². The highest BCUT2D eigenvalue weighted by Crippen LogP contribution is 2.32. The molecule has 0 saturated heterocycles. The van der Waals surface area contributed by atoms with E-state index in [9.17, 15) is 9.18 Å². The molecule has 1 fully saturated rings. The van der Waals surface area contributed by atoms with E-state index < -0.39 is 0 Å². The lowest BCUT2D eigenvalue weighted by Gasteiger charge is -2.25. The van der Waals surface area contributed by atoms with Crippen LogP contribution in [0, 0.1) is 11.7 Å². The second-order valence-electron chi connectivity index (χ2n) is 5.68. The van der Waals surface area contributed by atoms with E-state index in [-0.39, 0.29) is 29.7 Å². The minimum absolute atomic E-state index is 0.0292. The third kappa shape index (κ3) is 2.75. The van der Waals surface area contributed by atoms with Gasteiger partial charge >= 0.3 is 0 Å². The molecule has 0 spiro atoms. The number of carbonyl (C=O) groups excluding carboxylic acids is 1. The average molecular weight is 274 g/mol. The maximum absolute atomic E-state index is 13.8. The Morgan fingerprint density at radius 2 is 2.05 bits per heavy atom. The van der Waals surface area contributed by atoms with Crippen molar-refractivity contribution in [3.05, 3.63) is 47.8 Å². The van der Waals surface area contributed by atoms with Crippen LogP contribution in [0.3, 0.4) is 0 Å². The predicted molar refractivity (Wildman–Crippen MR) is 75.2 cm³/mol. The molecular weight excluding hydrogens is 255 g/mol. The first-order valence-corrected chi connectivity index (χ1v) is 7.13. The van der Waals surface area contributed by atoms with Crippen molar-refractivity contribution in [1.29, 1.82) is 0 Å². The molecule has 2 atom stereocenters. The zero-order valence-electron chi connectivity index (χ0n) is 11.3. The summed E-state index contributed by atoms with van der Waals surface area (Å²) in [6.07, 6.45) is 6.48. The molecule has 2 unspecified atom stereocenters. The summed E-state index contributed by atoms with van der Waals surface area (Å²) in [4.78, 5) is 14.4. The van der Waals surface area contributed by atoms with Crippen LogP contribution in [0.15, 0.2) is 36.4 Å². The molecule has 1 aromatic carbocycles. The van der Waals surface area contributed by atoms with Crippen LogP contribution in [0.25, 0.3) is 0 Å². The zero-order valence-corrected chi connectivity index (χ0v) is 11.3. The largest absolute Gasteiger partial charge is 0.335 e. The highest BCUT2D eigenvalue weighted by atomic mass is 19.1. The monoisotopic (exact) mass is 274 g/mol. The van der Waals surface area contributed by atoms with Crippen LogP contribution in [0.5, 0.6) is 0 Å².